The minimum atomic E-state index is 0.368. The summed E-state index contributed by atoms with van der Waals surface area (Å²) in [4.78, 5) is 16.5. The van der Waals surface area contributed by atoms with Crippen LogP contribution in [-0.4, -0.2) is 54.5 Å². The monoisotopic (exact) mass is 239 g/mol. The van der Waals surface area contributed by atoms with Crippen molar-refractivity contribution in [1.82, 2.24) is 9.80 Å². The largest absolute Gasteiger partial charge is 0.340 e. The van der Waals surface area contributed by atoms with Crippen molar-refractivity contribution in [3.63, 3.8) is 0 Å². The Bertz CT molecular complexity index is 257. The average molecular weight is 239 g/mol. The van der Waals surface area contributed by atoms with E-state index in [1.54, 1.807) is 0 Å². The van der Waals surface area contributed by atoms with E-state index >= 15 is 0 Å². The third-order valence-corrected chi connectivity index (χ3v) is 4.04. The zero-order valence-electron chi connectivity index (χ0n) is 10.9. The van der Waals surface area contributed by atoms with Gasteiger partial charge in [-0.05, 0) is 32.2 Å². The summed E-state index contributed by atoms with van der Waals surface area (Å²) in [5.74, 6) is 0.768. The van der Waals surface area contributed by atoms with Crippen molar-refractivity contribution in [2.75, 3.05) is 32.7 Å². The first-order valence-electron chi connectivity index (χ1n) is 6.99. The van der Waals surface area contributed by atoms with Gasteiger partial charge in [-0.3, -0.25) is 9.69 Å². The van der Waals surface area contributed by atoms with Gasteiger partial charge in [0.1, 0.15) is 0 Å². The van der Waals surface area contributed by atoms with Crippen LogP contribution in [0.4, 0.5) is 0 Å². The van der Waals surface area contributed by atoms with Crippen LogP contribution >= 0.6 is 0 Å². The molecule has 0 radical (unpaired) electrons. The van der Waals surface area contributed by atoms with Gasteiger partial charge in [-0.15, -0.1) is 0 Å². The van der Waals surface area contributed by atoms with Gasteiger partial charge >= 0.3 is 0 Å². The molecule has 2 fully saturated rings. The SMILES string of the molecule is CCC(CCN)N1CCN(C(=O)C2CC2)CC1. The van der Waals surface area contributed by atoms with Gasteiger partial charge in [0.05, 0.1) is 0 Å². The molecule has 17 heavy (non-hydrogen) atoms. The van der Waals surface area contributed by atoms with Crippen LogP contribution in [0.2, 0.25) is 0 Å². The quantitative estimate of drug-likeness (QED) is 0.767. The third-order valence-electron chi connectivity index (χ3n) is 4.04. The molecule has 2 rings (SSSR count). The number of nitrogens with zero attached hydrogens (tertiary/aromatic N) is 2. The van der Waals surface area contributed by atoms with Crippen LogP contribution in [0.1, 0.15) is 32.6 Å². The third kappa shape index (κ3) is 3.19. The minimum absolute atomic E-state index is 0.368. The van der Waals surface area contributed by atoms with Crippen molar-refractivity contribution in [1.29, 1.82) is 0 Å². The van der Waals surface area contributed by atoms with Gasteiger partial charge in [-0.2, -0.15) is 0 Å². The van der Waals surface area contributed by atoms with Crippen molar-refractivity contribution in [2.24, 2.45) is 11.7 Å². The van der Waals surface area contributed by atoms with Gasteiger partial charge in [-0.1, -0.05) is 6.92 Å². The zero-order valence-corrected chi connectivity index (χ0v) is 10.9. The molecule has 1 saturated carbocycles. The van der Waals surface area contributed by atoms with E-state index in [0.29, 0.717) is 17.9 Å². The maximum Gasteiger partial charge on any atom is 0.225 e. The van der Waals surface area contributed by atoms with Crippen LogP contribution < -0.4 is 5.73 Å². The molecule has 2 N–H and O–H groups in total. The van der Waals surface area contributed by atoms with E-state index in [9.17, 15) is 4.79 Å². The first-order chi connectivity index (χ1) is 8.26. The van der Waals surface area contributed by atoms with E-state index in [0.717, 1.165) is 58.4 Å². The highest BCUT2D eigenvalue weighted by Crippen LogP contribution is 2.31. The van der Waals surface area contributed by atoms with Gasteiger partial charge in [-0.25, -0.2) is 0 Å². The summed E-state index contributed by atoms with van der Waals surface area (Å²) in [7, 11) is 0. The fourth-order valence-corrected chi connectivity index (χ4v) is 2.73. The predicted octanol–water partition coefficient (Wildman–Crippen LogP) is 0.668. The summed E-state index contributed by atoms with van der Waals surface area (Å²) >= 11 is 0. The molecule has 0 spiro atoms. The zero-order chi connectivity index (χ0) is 12.3. The Hall–Kier alpha value is -0.610. The molecule has 1 aliphatic carbocycles. The summed E-state index contributed by atoms with van der Waals surface area (Å²) in [6.07, 6.45) is 4.47. The molecule has 1 heterocycles. The Labute approximate surface area is 104 Å². The molecule has 4 heteroatoms. The van der Waals surface area contributed by atoms with Crippen molar-refractivity contribution in [3.8, 4) is 0 Å². The summed E-state index contributed by atoms with van der Waals surface area (Å²) in [6.45, 7) is 6.86. The number of carbonyl (C=O) groups is 1. The summed E-state index contributed by atoms with van der Waals surface area (Å²) in [5, 5.41) is 0. The van der Waals surface area contributed by atoms with E-state index in [-0.39, 0.29) is 0 Å². The van der Waals surface area contributed by atoms with Gasteiger partial charge < -0.3 is 10.6 Å². The molecule has 2 aliphatic rings. The number of hydrogen-bond donors (Lipinski definition) is 1. The number of hydrogen-bond acceptors (Lipinski definition) is 3. The Morgan fingerprint density at radius 1 is 1.29 bits per heavy atom. The molecule has 0 bridgehead atoms. The van der Waals surface area contributed by atoms with Gasteiger partial charge in [0, 0.05) is 38.1 Å². The van der Waals surface area contributed by atoms with Crippen LogP contribution in [0.15, 0.2) is 0 Å². The molecule has 1 amide bonds. The fraction of sp³-hybridized carbons (Fsp3) is 0.923. The molecular weight excluding hydrogens is 214 g/mol. The number of nitrogens with two attached hydrogens (primary N) is 1. The maximum absolute atomic E-state index is 11.9. The Morgan fingerprint density at radius 3 is 2.41 bits per heavy atom. The molecule has 98 valence electrons. The lowest BCUT2D eigenvalue weighted by Gasteiger charge is -2.39. The fourth-order valence-electron chi connectivity index (χ4n) is 2.73. The second-order valence-electron chi connectivity index (χ2n) is 5.27. The lowest BCUT2D eigenvalue weighted by atomic mass is 10.1. The molecule has 1 saturated heterocycles. The summed E-state index contributed by atoms with van der Waals surface area (Å²) < 4.78 is 0. The Kier molecular flexibility index (Phi) is 4.40. The Morgan fingerprint density at radius 2 is 1.94 bits per heavy atom. The topological polar surface area (TPSA) is 49.6 Å². The van der Waals surface area contributed by atoms with Crippen molar-refractivity contribution in [2.45, 2.75) is 38.6 Å². The summed E-state index contributed by atoms with van der Waals surface area (Å²) in [6, 6.07) is 0.609. The molecular formula is C13H25N3O. The molecule has 0 aromatic rings. The molecule has 0 aromatic heterocycles. The van der Waals surface area contributed by atoms with Gasteiger partial charge in [0.2, 0.25) is 5.91 Å². The second kappa shape index (κ2) is 5.83. The van der Waals surface area contributed by atoms with Crippen molar-refractivity contribution in [3.05, 3.63) is 0 Å². The maximum atomic E-state index is 11.9. The smallest absolute Gasteiger partial charge is 0.225 e. The van der Waals surface area contributed by atoms with Crippen molar-refractivity contribution >= 4 is 5.91 Å². The number of rotatable bonds is 5. The van der Waals surface area contributed by atoms with Crippen molar-refractivity contribution < 1.29 is 4.79 Å². The second-order valence-corrected chi connectivity index (χ2v) is 5.27. The first-order valence-corrected chi connectivity index (χ1v) is 6.99. The Balaban J connectivity index is 1.78. The van der Waals surface area contributed by atoms with Gasteiger partial charge in [0.15, 0.2) is 0 Å². The average Bonchev–Trinajstić information content (AvgIpc) is 3.19. The van der Waals surface area contributed by atoms with E-state index in [1.807, 2.05) is 0 Å². The van der Waals surface area contributed by atoms with Crippen LogP contribution in [-0.2, 0) is 4.79 Å². The molecule has 1 aliphatic heterocycles. The van der Waals surface area contributed by atoms with E-state index in [4.69, 9.17) is 5.73 Å². The highest BCUT2D eigenvalue weighted by atomic mass is 16.2. The van der Waals surface area contributed by atoms with E-state index in [2.05, 4.69) is 16.7 Å². The van der Waals surface area contributed by atoms with Crippen LogP contribution in [0.5, 0.6) is 0 Å². The number of piperazine rings is 1. The molecule has 4 nitrogen and oxygen atoms in total. The van der Waals surface area contributed by atoms with Crippen LogP contribution in [0, 0.1) is 5.92 Å². The normalized spacial score (nSPS) is 23.8. The first kappa shape index (κ1) is 12.8. The highest BCUT2D eigenvalue weighted by molar-refractivity contribution is 5.81. The minimum Gasteiger partial charge on any atom is -0.340 e. The van der Waals surface area contributed by atoms with E-state index < -0.39 is 0 Å². The molecule has 1 atom stereocenters. The molecule has 1 unspecified atom stereocenters. The standard InChI is InChI=1S/C13H25N3O/c1-2-12(5-6-14)15-7-9-16(10-8-15)13(17)11-3-4-11/h11-12H,2-10,14H2,1H3. The lowest BCUT2D eigenvalue weighted by Crippen LogP contribution is -2.52. The summed E-state index contributed by atoms with van der Waals surface area (Å²) in [5.41, 5.74) is 5.64. The number of carbonyl (C=O) groups excluding carboxylic acids is 1. The highest BCUT2D eigenvalue weighted by Gasteiger charge is 2.35. The van der Waals surface area contributed by atoms with Crippen LogP contribution in [0.3, 0.4) is 0 Å². The number of amides is 1. The predicted molar refractivity (Wildman–Crippen MR) is 68.6 cm³/mol. The molecule has 0 aromatic carbocycles. The van der Waals surface area contributed by atoms with Crippen LogP contribution in [0.25, 0.3) is 0 Å². The van der Waals surface area contributed by atoms with Gasteiger partial charge in [0.25, 0.3) is 0 Å². The lowest BCUT2D eigenvalue weighted by molar-refractivity contribution is -0.134. The van der Waals surface area contributed by atoms with E-state index in [1.165, 1.54) is 0 Å².